The fourth-order valence-electron chi connectivity index (χ4n) is 1.81. The highest BCUT2D eigenvalue weighted by Crippen LogP contribution is 2.24. The van der Waals surface area contributed by atoms with Crippen molar-refractivity contribution in [3.8, 4) is 0 Å². The molecule has 0 aliphatic rings. The molecular formula is C14H19BrN2O3. The van der Waals surface area contributed by atoms with Crippen molar-refractivity contribution in [2.45, 2.75) is 27.2 Å². The Balaban J connectivity index is 2.61. The molecular weight excluding hydrogens is 324 g/mol. The number of carboxylic acid groups (broad SMARTS) is 1. The van der Waals surface area contributed by atoms with Crippen molar-refractivity contribution in [1.29, 1.82) is 0 Å². The summed E-state index contributed by atoms with van der Waals surface area (Å²) in [5.74, 6) is -1.80. The Labute approximate surface area is 126 Å². The lowest BCUT2D eigenvalue weighted by Crippen LogP contribution is -2.35. The van der Waals surface area contributed by atoms with E-state index in [0.29, 0.717) is 16.6 Å². The largest absolute Gasteiger partial charge is 0.481 e. The minimum absolute atomic E-state index is 0.104. The summed E-state index contributed by atoms with van der Waals surface area (Å²) in [6.07, 6.45) is 1.94. The quantitative estimate of drug-likeness (QED) is 0.806. The van der Waals surface area contributed by atoms with Gasteiger partial charge >= 0.3 is 5.97 Å². The van der Waals surface area contributed by atoms with Crippen LogP contribution < -0.4 is 5.32 Å². The molecule has 1 heterocycles. The molecule has 2 N–H and O–H groups in total. The van der Waals surface area contributed by atoms with Crippen LogP contribution in [0, 0.1) is 11.3 Å². The van der Waals surface area contributed by atoms with E-state index in [2.05, 4.69) is 26.2 Å². The number of aliphatic carboxylic acids is 1. The molecule has 0 fully saturated rings. The second kappa shape index (κ2) is 6.83. The molecule has 6 heteroatoms. The fourth-order valence-corrected chi connectivity index (χ4v) is 2.05. The van der Waals surface area contributed by atoms with Gasteiger partial charge in [-0.05, 0) is 39.9 Å². The number of hydrogen-bond donors (Lipinski definition) is 2. The maximum Gasteiger partial charge on any atom is 0.308 e. The number of aromatic nitrogens is 1. The number of carbonyl (C=O) groups is 2. The molecule has 1 unspecified atom stereocenters. The van der Waals surface area contributed by atoms with Crippen LogP contribution in [0.15, 0.2) is 22.9 Å². The van der Waals surface area contributed by atoms with Crippen LogP contribution in [0.2, 0.25) is 0 Å². The zero-order chi connectivity index (χ0) is 15.3. The SMILES string of the molecule is CC(C)(C)CC(CNC(=O)c1ccc(Br)nc1)C(=O)O. The first kappa shape index (κ1) is 16.6. The standard InChI is InChI=1S/C14H19BrN2O3/c1-14(2,3)6-10(13(19)20)8-17-12(18)9-4-5-11(15)16-7-9/h4-5,7,10H,6,8H2,1-3H3,(H,17,18)(H,19,20). The van der Waals surface area contributed by atoms with E-state index in [4.69, 9.17) is 0 Å². The number of carbonyl (C=O) groups excluding carboxylic acids is 1. The van der Waals surface area contributed by atoms with E-state index in [9.17, 15) is 14.7 Å². The van der Waals surface area contributed by atoms with E-state index in [1.165, 1.54) is 6.20 Å². The van der Waals surface area contributed by atoms with Crippen LogP contribution in [0.1, 0.15) is 37.6 Å². The number of pyridine rings is 1. The first-order valence-corrected chi connectivity index (χ1v) is 7.11. The number of carboxylic acids is 1. The third-order valence-electron chi connectivity index (χ3n) is 2.71. The first-order valence-electron chi connectivity index (χ1n) is 6.31. The minimum atomic E-state index is -0.894. The van der Waals surface area contributed by atoms with Gasteiger partial charge in [-0.1, -0.05) is 20.8 Å². The van der Waals surface area contributed by atoms with Gasteiger partial charge in [-0.25, -0.2) is 4.98 Å². The van der Waals surface area contributed by atoms with Crippen LogP contribution in [0.4, 0.5) is 0 Å². The first-order chi connectivity index (χ1) is 9.19. The summed E-state index contributed by atoms with van der Waals surface area (Å²) < 4.78 is 0.644. The molecule has 1 amide bonds. The molecule has 0 radical (unpaired) electrons. The van der Waals surface area contributed by atoms with E-state index < -0.39 is 11.9 Å². The molecule has 1 aromatic rings. The summed E-state index contributed by atoms with van der Waals surface area (Å²) in [6, 6.07) is 3.30. The predicted octanol–water partition coefficient (Wildman–Crippen LogP) is 2.71. The number of rotatable bonds is 5. The number of amides is 1. The predicted molar refractivity (Wildman–Crippen MR) is 79.5 cm³/mol. The van der Waals surface area contributed by atoms with Gasteiger partial charge in [0.05, 0.1) is 11.5 Å². The van der Waals surface area contributed by atoms with E-state index in [-0.39, 0.29) is 17.9 Å². The van der Waals surface area contributed by atoms with Crippen LogP contribution in [0.25, 0.3) is 0 Å². The number of halogens is 1. The van der Waals surface area contributed by atoms with E-state index >= 15 is 0 Å². The Kier molecular flexibility index (Phi) is 5.68. The number of hydrogen-bond acceptors (Lipinski definition) is 3. The van der Waals surface area contributed by atoms with E-state index in [1.807, 2.05) is 20.8 Å². The lowest BCUT2D eigenvalue weighted by molar-refractivity contribution is -0.142. The van der Waals surface area contributed by atoms with Gasteiger partial charge in [0, 0.05) is 12.7 Å². The van der Waals surface area contributed by atoms with Gasteiger partial charge in [0.25, 0.3) is 5.91 Å². The maximum absolute atomic E-state index is 11.9. The van der Waals surface area contributed by atoms with Gasteiger partial charge < -0.3 is 10.4 Å². The molecule has 0 aromatic carbocycles. The summed E-state index contributed by atoms with van der Waals surface area (Å²) in [5.41, 5.74) is 0.306. The minimum Gasteiger partial charge on any atom is -0.481 e. The molecule has 1 atom stereocenters. The van der Waals surface area contributed by atoms with Crippen LogP contribution in [0.3, 0.4) is 0 Å². The topological polar surface area (TPSA) is 79.3 Å². The van der Waals surface area contributed by atoms with Crippen LogP contribution in [0.5, 0.6) is 0 Å². The zero-order valence-electron chi connectivity index (χ0n) is 11.8. The third-order valence-corrected chi connectivity index (χ3v) is 3.18. The van der Waals surface area contributed by atoms with Gasteiger partial charge in [0.2, 0.25) is 0 Å². The Bertz CT molecular complexity index is 480. The van der Waals surface area contributed by atoms with Gasteiger partial charge in [0.1, 0.15) is 4.60 Å². The van der Waals surface area contributed by atoms with Crippen molar-refractivity contribution in [3.63, 3.8) is 0 Å². The Morgan fingerprint density at radius 2 is 2.05 bits per heavy atom. The smallest absolute Gasteiger partial charge is 0.308 e. The third kappa shape index (κ3) is 5.69. The molecule has 110 valence electrons. The van der Waals surface area contributed by atoms with Gasteiger partial charge in [-0.3, -0.25) is 9.59 Å². The molecule has 20 heavy (non-hydrogen) atoms. The summed E-state index contributed by atoms with van der Waals surface area (Å²) in [7, 11) is 0. The van der Waals surface area contributed by atoms with Gasteiger partial charge in [-0.15, -0.1) is 0 Å². The second-order valence-corrected chi connectivity index (χ2v) is 6.69. The molecule has 0 spiro atoms. The fraction of sp³-hybridized carbons (Fsp3) is 0.500. The molecule has 0 aliphatic carbocycles. The molecule has 0 saturated carbocycles. The molecule has 1 aromatic heterocycles. The summed E-state index contributed by atoms with van der Waals surface area (Å²) in [6.45, 7) is 6.04. The van der Waals surface area contributed by atoms with Crippen LogP contribution in [-0.4, -0.2) is 28.5 Å². The Hall–Kier alpha value is -1.43. The molecule has 5 nitrogen and oxygen atoms in total. The number of nitrogens with zero attached hydrogens (tertiary/aromatic N) is 1. The molecule has 0 bridgehead atoms. The van der Waals surface area contributed by atoms with Crippen LogP contribution in [-0.2, 0) is 4.79 Å². The van der Waals surface area contributed by atoms with E-state index in [1.54, 1.807) is 12.1 Å². The van der Waals surface area contributed by atoms with Crippen LogP contribution >= 0.6 is 15.9 Å². The second-order valence-electron chi connectivity index (χ2n) is 5.88. The van der Waals surface area contributed by atoms with E-state index in [0.717, 1.165) is 0 Å². The van der Waals surface area contributed by atoms with Gasteiger partial charge in [-0.2, -0.15) is 0 Å². The highest BCUT2D eigenvalue weighted by atomic mass is 79.9. The van der Waals surface area contributed by atoms with Crippen molar-refractivity contribution >= 4 is 27.8 Å². The Morgan fingerprint density at radius 3 is 2.50 bits per heavy atom. The van der Waals surface area contributed by atoms with Crippen molar-refractivity contribution in [2.75, 3.05) is 6.54 Å². The number of nitrogens with one attached hydrogen (secondary N) is 1. The molecule has 0 saturated heterocycles. The normalized spacial score (nSPS) is 12.8. The average Bonchev–Trinajstić information content (AvgIpc) is 2.33. The highest BCUT2D eigenvalue weighted by Gasteiger charge is 2.25. The average molecular weight is 343 g/mol. The zero-order valence-corrected chi connectivity index (χ0v) is 13.4. The maximum atomic E-state index is 11.9. The summed E-state index contributed by atoms with van der Waals surface area (Å²) in [4.78, 5) is 27.1. The Morgan fingerprint density at radius 1 is 1.40 bits per heavy atom. The highest BCUT2D eigenvalue weighted by molar-refractivity contribution is 9.10. The summed E-state index contributed by atoms with van der Waals surface area (Å²) >= 11 is 3.19. The molecule has 1 rings (SSSR count). The lowest BCUT2D eigenvalue weighted by atomic mass is 9.84. The van der Waals surface area contributed by atoms with Crippen molar-refractivity contribution in [1.82, 2.24) is 10.3 Å². The summed E-state index contributed by atoms with van der Waals surface area (Å²) in [5, 5.41) is 11.8. The lowest BCUT2D eigenvalue weighted by Gasteiger charge is -2.23. The monoisotopic (exact) mass is 342 g/mol. The molecule has 0 aliphatic heterocycles. The van der Waals surface area contributed by atoms with Gasteiger partial charge in [0.15, 0.2) is 0 Å². The van der Waals surface area contributed by atoms with Crippen molar-refractivity contribution in [2.24, 2.45) is 11.3 Å². The van der Waals surface area contributed by atoms with Crippen molar-refractivity contribution in [3.05, 3.63) is 28.5 Å². The van der Waals surface area contributed by atoms with Crippen molar-refractivity contribution < 1.29 is 14.7 Å².